The molecule has 0 unspecified atom stereocenters. The van der Waals surface area contributed by atoms with Gasteiger partial charge in [-0.15, -0.1) is 0 Å². The fourth-order valence-corrected chi connectivity index (χ4v) is 4.42. The topological polar surface area (TPSA) is 49.9 Å². The Balaban J connectivity index is 1.54. The Hall–Kier alpha value is -1.79. The van der Waals surface area contributed by atoms with E-state index in [0.29, 0.717) is 32.0 Å². The molecule has 3 rings (SSSR count). The molecule has 2 aliphatic rings. The number of amides is 1. The van der Waals surface area contributed by atoms with Crippen LogP contribution in [0.3, 0.4) is 0 Å². The Labute approximate surface area is 179 Å². The summed E-state index contributed by atoms with van der Waals surface area (Å²) < 4.78 is 19.7. The van der Waals surface area contributed by atoms with Crippen molar-refractivity contribution in [2.75, 3.05) is 32.8 Å². The maximum absolute atomic E-state index is 13.9. The van der Waals surface area contributed by atoms with Crippen LogP contribution in [0.2, 0.25) is 0 Å². The zero-order valence-electron chi connectivity index (χ0n) is 18.3. The first-order valence-corrected chi connectivity index (χ1v) is 11.3. The van der Waals surface area contributed by atoms with E-state index in [1.54, 1.807) is 11.0 Å². The van der Waals surface area contributed by atoms with E-state index in [-0.39, 0.29) is 29.5 Å². The van der Waals surface area contributed by atoms with Gasteiger partial charge in [0, 0.05) is 38.2 Å². The smallest absolute Gasteiger partial charge is 0.290 e. The van der Waals surface area contributed by atoms with Gasteiger partial charge in [-0.2, -0.15) is 0 Å². The molecule has 1 amide bonds. The molecule has 0 radical (unpaired) electrons. The highest BCUT2D eigenvalue weighted by Gasteiger charge is 2.30. The predicted octanol–water partition coefficient (Wildman–Crippen LogP) is 3.66. The number of carbonyl (C=O) groups is 2. The van der Waals surface area contributed by atoms with Gasteiger partial charge in [0.05, 0.1) is 6.10 Å². The maximum Gasteiger partial charge on any atom is 0.290 e. The standard InChI is InChI=1S/C24H35FN2O3/c1-18(2)14-23(28)24(29)27(17-21-7-5-13-30-21)15-19-9-11-26(12-10-19)16-20-6-3-4-8-22(20)25/h3-4,6,8,18-19,21H,5,7,9-17H2,1-2H3/t21-/m1/s1. The third-order valence-corrected chi connectivity index (χ3v) is 6.10. The number of likely N-dealkylation sites (tertiary alicyclic amines) is 1. The van der Waals surface area contributed by atoms with Gasteiger partial charge in [-0.1, -0.05) is 32.0 Å². The molecule has 5 nitrogen and oxygen atoms in total. The van der Waals surface area contributed by atoms with Gasteiger partial charge in [0.2, 0.25) is 5.78 Å². The molecule has 30 heavy (non-hydrogen) atoms. The second kappa shape index (κ2) is 11.0. The molecule has 0 aliphatic carbocycles. The van der Waals surface area contributed by atoms with Crippen LogP contribution < -0.4 is 0 Å². The van der Waals surface area contributed by atoms with Crippen LogP contribution in [-0.2, 0) is 20.9 Å². The molecule has 6 heteroatoms. The van der Waals surface area contributed by atoms with E-state index < -0.39 is 0 Å². The molecule has 1 aromatic rings. The number of piperidine rings is 1. The van der Waals surface area contributed by atoms with E-state index in [4.69, 9.17) is 4.74 Å². The summed E-state index contributed by atoms with van der Waals surface area (Å²) >= 11 is 0. The summed E-state index contributed by atoms with van der Waals surface area (Å²) in [7, 11) is 0. The van der Waals surface area contributed by atoms with Crippen LogP contribution in [0.4, 0.5) is 4.39 Å². The molecule has 0 aromatic heterocycles. The van der Waals surface area contributed by atoms with Crippen LogP contribution in [0.15, 0.2) is 24.3 Å². The highest BCUT2D eigenvalue weighted by molar-refractivity contribution is 6.36. The van der Waals surface area contributed by atoms with Gasteiger partial charge >= 0.3 is 0 Å². The fraction of sp³-hybridized carbons (Fsp3) is 0.667. The molecule has 2 heterocycles. The van der Waals surface area contributed by atoms with Crippen molar-refractivity contribution in [1.29, 1.82) is 0 Å². The third-order valence-electron chi connectivity index (χ3n) is 6.10. The van der Waals surface area contributed by atoms with Gasteiger partial charge in [0.15, 0.2) is 0 Å². The lowest BCUT2D eigenvalue weighted by Crippen LogP contribution is -2.46. The number of hydrogen-bond acceptors (Lipinski definition) is 4. The van der Waals surface area contributed by atoms with E-state index >= 15 is 0 Å². The minimum atomic E-state index is -0.354. The molecule has 2 saturated heterocycles. The van der Waals surface area contributed by atoms with E-state index in [1.165, 1.54) is 6.07 Å². The number of rotatable bonds is 9. The Morgan fingerprint density at radius 3 is 2.53 bits per heavy atom. The zero-order chi connectivity index (χ0) is 21.5. The van der Waals surface area contributed by atoms with Crippen molar-refractivity contribution in [3.8, 4) is 0 Å². The van der Waals surface area contributed by atoms with Crippen LogP contribution in [0.5, 0.6) is 0 Å². The highest BCUT2D eigenvalue weighted by atomic mass is 19.1. The monoisotopic (exact) mass is 418 g/mol. The number of benzene rings is 1. The number of carbonyl (C=O) groups excluding carboxylic acids is 2. The minimum absolute atomic E-state index is 0.0435. The highest BCUT2D eigenvalue weighted by Crippen LogP contribution is 2.23. The molecular weight excluding hydrogens is 383 g/mol. The summed E-state index contributed by atoms with van der Waals surface area (Å²) in [5.74, 6) is -0.267. The summed E-state index contributed by atoms with van der Waals surface area (Å²) in [6, 6.07) is 6.92. The van der Waals surface area contributed by atoms with Gasteiger partial charge in [-0.25, -0.2) is 4.39 Å². The molecule has 0 N–H and O–H groups in total. The molecule has 0 saturated carbocycles. The van der Waals surface area contributed by atoms with E-state index in [0.717, 1.165) is 50.9 Å². The number of nitrogens with zero attached hydrogens (tertiary/aromatic N) is 2. The van der Waals surface area contributed by atoms with Crippen molar-refractivity contribution in [2.45, 2.75) is 58.6 Å². The molecule has 2 aliphatic heterocycles. The molecule has 166 valence electrons. The number of ketones is 1. The zero-order valence-corrected chi connectivity index (χ0v) is 18.3. The SMILES string of the molecule is CC(C)CC(=O)C(=O)N(CC1CCN(Cc2ccccc2F)CC1)C[C@H]1CCCO1. The van der Waals surface area contributed by atoms with Crippen molar-refractivity contribution in [1.82, 2.24) is 9.80 Å². The van der Waals surface area contributed by atoms with Crippen LogP contribution in [0.25, 0.3) is 0 Å². The van der Waals surface area contributed by atoms with Gasteiger partial charge in [0.1, 0.15) is 5.82 Å². The van der Waals surface area contributed by atoms with Crippen molar-refractivity contribution in [3.05, 3.63) is 35.6 Å². The van der Waals surface area contributed by atoms with Crippen LogP contribution >= 0.6 is 0 Å². The maximum atomic E-state index is 13.9. The summed E-state index contributed by atoms with van der Waals surface area (Å²) in [5.41, 5.74) is 0.727. The first kappa shape index (κ1) is 22.9. The Morgan fingerprint density at radius 2 is 1.90 bits per heavy atom. The Kier molecular flexibility index (Phi) is 8.40. The van der Waals surface area contributed by atoms with Crippen LogP contribution in [0.1, 0.15) is 51.5 Å². The van der Waals surface area contributed by atoms with Crippen molar-refractivity contribution < 1.29 is 18.7 Å². The van der Waals surface area contributed by atoms with E-state index in [9.17, 15) is 14.0 Å². The third kappa shape index (κ3) is 6.61. The van der Waals surface area contributed by atoms with E-state index in [2.05, 4.69) is 4.90 Å². The molecule has 1 atom stereocenters. The lowest BCUT2D eigenvalue weighted by Gasteiger charge is -2.35. The second-order valence-corrected chi connectivity index (χ2v) is 9.18. The summed E-state index contributed by atoms with van der Waals surface area (Å²) in [6.45, 7) is 8.14. The Morgan fingerprint density at radius 1 is 1.17 bits per heavy atom. The van der Waals surface area contributed by atoms with Crippen LogP contribution in [0, 0.1) is 17.7 Å². The largest absolute Gasteiger partial charge is 0.376 e. The quantitative estimate of drug-likeness (QED) is 0.575. The van der Waals surface area contributed by atoms with E-state index in [1.807, 2.05) is 26.0 Å². The Bertz CT molecular complexity index is 710. The van der Waals surface area contributed by atoms with Crippen LogP contribution in [-0.4, -0.2) is 60.4 Å². The minimum Gasteiger partial charge on any atom is -0.376 e. The molecule has 2 fully saturated rings. The number of halogens is 1. The first-order chi connectivity index (χ1) is 14.4. The first-order valence-electron chi connectivity index (χ1n) is 11.3. The summed E-state index contributed by atoms with van der Waals surface area (Å²) in [4.78, 5) is 29.3. The van der Waals surface area contributed by atoms with Crippen molar-refractivity contribution in [2.24, 2.45) is 11.8 Å². The van der Waals surface area contributed by atoms with Gasteiger partial charge in [-0.3, -0.25) is 14.5 Å². The average molecular weight is 419 g/mol. The number of hydrogen-bond donors (Lipinski definition) is 0. The lowest BCUT2D eigenvalue weighted by atomic mass is 9.95. The summed E-state index contributed by atoms with van der Waals surface area (Å²) in [6.07, 6.45) is 4.19. The molecule has 1 aromatic carbocycles. The normalized spacial score (nSPS) is 20.6. The number of ether oxygens (including phenoxy) is 1. The second-order valence-electron chi connectivity index (χ2n) is 9.18. The summed E-state index contributed by atoms with van der Waals surface area (Å²) in [5, 5.41) is 0. The van der Waals surface area contributed by atoms with Crippen molar-refractivity contribution in [3.63, 3.8) is 0 Å². The molecule has 0 bridgehead atoms. The average Bonchev–Trinajstić information content (AvgIpc) is 3.22. The van der Waals surface area contributed by atoms with Gasteiger partial charge < -0.3 is 9.64 Å². The fourth-order valence-electron chi connectivity index (χ4n) is 4.42. The lowest BCUT2D eigenvalue weighted by molar-refractivity contribution is -0.146. The van der Waals surface area contributed by atoms with Gasteiger partial charge in [-0.05, 0) is 56.7 Å². The molecular formula is C24H35FN2O3. The predicted molar refractivity (Wildman–Crippen MR) is 114 cm³/mol. The number of Topliss-reactive ketones (excluding diaryl/α,β-unsaturated/α-hetero) is 1. The van der Waals surface area contributed by atoms with Gasteiger partial charge in [0.25, 0.3) is 5.91 Å². The van der Waals surface area contributed by atoms with Crippen molar-refractivity contribution >= 4 is 11.7 Å². The molecule has 0 spiro atoms.